The lowest BCUT2D eigenvalue weighted by molar-refractivity contribution is 0.0773. The van der Waals surface area contributed by atoms with E-state index in [0.717, 1.165) is 0 Å². The molecule has 1 amide bonds. The van der Waals surface area contributed by atoms with Crippen molar-refractivity contribution in [1.29, 1.82) is 0 Å². The molecule has 2 heterocycles. The Morgan fingerprint density at radius 2 is 2.12 bits per heavy atom. The first kappa shape index (κ1) is 12.4. The maximum absolute atomic E-state index is 12.0. The quantitative estimate of drug-likeness (QED) is 0.836. The summed E-state index contributed by atoms with van der Waals surface area (Å²) in [7, 11) is 1.71. The number of hydrogen-bond acceptors (Lipinski definition) is 3. The molecule has 2 aromatic rings. The van der Waals surface area contributed by atoms with Crippen LogP contribution in [0, 0.1) is 0 Å². The van der Waals surface area contributed by atoms with Crippen LogP contribution in [0.5, 0.6) is 0 Å². The lowest BCUT2D eigenvalue weighted by atomic mass is 10.3. The minimum Gasteiger partial charge on any atom is -0.457 e. The monoisotopic (exact) mass is 361 g/mol. The molecular weight excluding hydrogens is 354 g/mol. The number of carbonyl (C=O) groups is 1. The number of furan rings is 2. The number of rotatable bonds is 3. The standard InChI is InChI=1S/C11H9Br2NO3/c1-14(6-7-2-3-9(12)17-7)11(15)8-4-5-16-10(8)13/h2-5H,6H2,1H3. The predicted octanol–water partition coefficient (Wildman–Crippen LogP) is 3.67. The fourth-order valence-corrected chi connectivity index (χ4v) is 2.14. The van der Waals surface area contributed by atoms with Crippen molar-refractivity contribution in [3.8, 4) is 0 Å². The molecule has 90 valence electrons. The zero-order chi connectivity index (χ0) is 12.4. The largest absolute Gasteiger partial charge is 0.457 e. The van der Waals surface area contributed by atoms with Gasteiger partial charge in [0, 0.05) is 7.05 Å². The van der Waals surface area contributed by atoms with Crippen molar-refractivity contribution in [3.05, 3.63) is 45.1 Å². The summed E-state index contributed by atoms with van der Waals surface area (Å²) in [5.74, 6) is 0.588. The smallest absolute Gasteiger partial charge is 0.258 e. The Kier molecular flexibility index (Phi) is 3.73. The Hall–Kier alpha value is -1.01. The third kappa shape index (κ3) is 2.81. The molecule has 0 saturated carbocycles. The van der Waals surface area contributed by atoms with Crippen molar-refractivity contribution in [1.82, 2.24) is 4.90 Å². The predicted molar refractivity (Wildman–Crippen MR) is 68.6 cm³/mol. The molecule has 0 aliphatic carbocycles. The average molecular weight is 363 g/mol. The van der Waals surface area contributed by atoms with Gasteiger partial charge in [-0.15, -0.1) is 0 Å². The summed E-state index contributed by atoms with van der Waals surface area (Å²) in [6.45, 7) is 0.405. The summed E-state index contributed by atoms with van der Waals surface area (Å²) in [5, 5.41) is 0. The van der Waals surface area contributed by atoms with Gasteiger partial charge in [0.05, 0.1) is 18.4 Å². The maximum Gasteiger partial charge on any atom is 0.258 e. The minimum atomic E-state index is -0.127. The molecule has 0 N–H and O–H groups in total. The van der Waals surface area contributed by atoms with E-state index in [1.807, 2.05) is 6.07 Å². The van der Waals surface area contributed by atoms with Gasteiger partial charge in [-0.25, -0.2) is 0 Å². The van der Waals surface area contributed by atoms with Crippen LogP contribution in [0.3, 0.4) is 0 Å². The number of hydrogen-bond donors (Lipinski definition) is 0. The van der Waals surface area contributed by atoms with Crippen molar-refractivity contribution in [3.63, 3.8) is 0 Å². The molecule has 2 rings (SSSR count). The van der Waals surface area contributed by atoms with Gasteiger partial charge >= 0.3 is 0 Å². The zero-order valence-electron chi connectivity index (χ0n) is 8.94. The molecule has 6 heteroatoms. The van der Waals surface area contributed by atoms with Crippen LogP contribution in [-0.2, 0) is 6.54 Å². The number of halogens is 2. The van der Waals surface area contributed by atoms with Crippen LogP contribution >= 0.6 is 31.9 Å². The molecule has 0 unspecified atom stereocenters. The molecule has 0 spiro atoms. The van der Waals surface area contributed by atoms with E-state index in [1.54, 1.807) is 24.1 Å². The molecule has 0 aromatic carbocycles. The van der Waals surface area contributed by atoms with Gasteiger partial charge in [-0.2, -0.15) is 0 Å². The molecule has 0 radical (unpaired) electrons. The molecule has 2 aromatic heterocycles. The average Bonchev–Trinajstić information content (AvgIpc) is 2.86. The molecule has 0 bridgehead atoms. The fraction of sp³-hybridized carbons (Fsp3) is 0.182. The van der Waals surface area contributed by atoms with Crippen molar-refractivity contribution in [2.24, 2.45) is 0 Å². The van der Waals surface area contributed by atoms with Crippen LogP contribution in [0.4, 0.5) is 0 Å². The Morgan fingerprint density at radius 3 is 2.65 bits per heavy atom. The second-order valence-corrected chi connectivity index (χ2v) is 4.98. The second kappa shape index (κ2) is 5.10. The van der Waals surface area contributed by atoms with E-state index >= 15 is 0 Å². The van der Waals surface area contributed by atoms with E-state index in [1.165, 1.54) is 6.26 Å². The highest BCUT2D eigenvalue weighted by Crippen LogP contribution is 2.20. The molecule has 0 saturated heterocycles. The molecular formula is C11H9Br2NO3. The van der Waals surface area contributed by atoms with E-state index in [9.17, 15) is 4.79 Å². The van der Waals surface area contributed by atoms with E-state index in [-0.39, 0.29) is 5.91 Å². The van der Waals surface area contributed by atoms with Crippen LogP contribution < -0.4 is 0 Å². The van der Waals surface area contributed by atoms with Crippen LogP contribution in [-0.4, -0.2) is 17.9 Å². The van der Waals surface area contributed by atoms with Gasteiger partial charge in [-0.1, -0.05) is 0 Å². The van der Waals surface area contributed by atoms with Crippen molar-refractivity contribution in [2.75, 3.05) is 7.05 Å². The molecule has 0 aliphatic rings. The maximum atomic E-state index is 12.0. The topological polar surface area (TPSA) is 46.6 Å². The minimum absolute atomic E-state index is 0.127. The van der Waals surface area contributed by atoms with Gasteiger partial charge in [0.2, 0.25) is 0 Å². The van der Waals surface area contributed by atoms with Gasteiger partial charge in [0.1, 0.15) is 5.76 Å². The summed E-state index contributed by atoms with van der Waals surface area (Å²) in [6, 6.07) is 5.24. The van der Waals surface area contributed by atoms with Crippen LogP contribution in [0.25, 0.3) is 0 Å². The zero-order valence-corrected chi connectivity index (χ0v) is 12.1. The summed E-state index contributed by atoms with van der Waals surface area (Å²) in [6.07, 6.45) is 1.47. The highest BCUT2D eigenvalue weighted by Gasteiger charge is 2.18. The Balaban J connectivity index is 2.08. The molecule has 0 aliphatic heterocycles. The van der Waals surface area contributed by atoms with E-state index in [0.29, 0.717) is 27.2 Å². The van der Waals surface area contributed by atoms with Gasteiger partial charge in [-0.3, -0.25) is 4.79 Å². The Bertz CT molecular complexity index is 532. The SMILES string of the molecule is CN(Cc1ccc(Br)o1)C(=O)c1ccoc1Br. The van der Waals surface area contributed by atoms with Gasteiger partial charge in [0.25, 0.3) is 5.91 Å². The number of carbonyl (C=O) groups excluding carboxylic acids is 1. The van der Waals surface area contributed by atoms with E-state index in [4.69, 9.17) is 8.83 Å². The lowest BCUT2D eigenvalue weighted by Gasteiger charge is -2.14. The third-order valence-corrected chi connectivity index (χ3v) is 3.26. The molecule has 4 nitrogen and oxygen atoms in total. The van der Waals surface area contributed by atoms with Crippen molar-refractivity contribution in [2.45, 2.75) is 6.54 Å². The first-order valence-electron chi connectivity index (χ1n) is 4.80. The number of amides is 1. The third-order valence-electron chi connectivity index (χ3n) is 2.22. The Morgan fingerprint density at radius 1 is 1.35 bits per heavy atom. The van der Waals surface area contributed by atoms with Crippen LogP contribution in [0.2, 0.25) is 0 Å². The van der Waals surface area contributed by atoms with Gasteiger partial charge in [0.15, 0.2) is 9.34 Å². The molecule has 0 atom stereocenters. The van der Waals surface area contributed by atoms with Crippen molar-refractivity contribution < 1.29 is 13.6 Å². The molecule has 0 fully saturated rings. The van der Waals surface area contributed by atoms with Gasteiger partial charge < -0.3 is 13.7 Å². The number of nitrogens with zero attached hydrogens (tertiary/aromatic N) is 1. The second-order valence-electron chi connectivity index (χ2n) is 3.48. The highest BCUT2D eigenvalue weighted by atomic mass is 79.9. The van der Waals surface area contributed by atoms with E-state index in [2.05, 4.69) is 31.9 Å². The highest BCUT2D eigenvalue weighted by molar-refractivity contribution is 9.10. The first-order chi connectivity index (χ1) is 8.08. The summed E-state index contributed by atoms with van der Waals surface area (Å²) < 4.78 is 11.5. The Labute approximate surface area is 115 Å². The van der Waals surface area contributed by atoms with Crippen LogP contribution in [0.1, 0.15) is 16.1 Å². The van der Waals surface area contributed by atoms with Crippen molar-refractivity contribution >= 4 is 37.8 Å². The molecule has 17 heavy (non-hydrogen) atoms. The summed E-state index contributed by atoms with van der Waals surface area (Å²) in [5.41, 5.74) is 0.498. The fourth-order valence-electron chi connectivity index (χ4n) is 1.39. The van der Waals surface area contributed by atoms with Gasteiger partial charge in [-0.05, 0) is 50.1 Å². The lowest BCUT2D eigenvalue weighted by Crippen LogP contribution is -2.25. The van der Waals surface area contributed by atoms with Crippen LogP contribution in [0.15, 0.2) is 42.6 Å². The summed E-state index contributed by atoms with van der Waals surface area (Å²) >= 11 is 6.40. The summed E-state index contributed by atoms with van der Waals surface area (Å²) in [4.78, 5) is 13.6. The normalized spacial score (nSPS) is 10.5. The van der Waals surface area contributed by atoms with E-state index < -0.39 is 0 Å². The first-order valence-corrected chi connectivity index (χ1v) is 6.39.